The largest absolute Gasteiger partial charge is 0.376 e. The van der Waals surface area contributed by atoms with E-state index in [1.165, 1.54) is 11.3 Å². The van der Waals surface area contributed by atoms with Gasteiger partial charge in [0.15, 0.2) is 0 Å². The van der Waals surface area contributed by atoms with E-state index in [0.717, 1.165) is 15.3 Å². The molecular formula is C16H12NO3SW-. The van der Waals surface area contributed by atoms with E-state index in [1.54, 1.807) is 24.3 Å². The molecule has 22 heavy (non-hydrogen) atoms. The summed E-state index contributed by atoms with van der Waals surface area (Å²) in [4.78, 5) is 38.3. The molecule has 1 aliphatic heterocycles. The van der Waals surface area contributed by atoms with Gasteiger partial charge in [0.2, 0.25) is 0 Å². The zero-order valence-corrected chi connectivity index (χ0v) is 15.8. The molecule has 3 rings (SSSR count). The smallest absolute Gasteiger partial charge is 0.255 e. The number of imide groups is 1. The first-order chi connectivity index (χ1) is 10.1. The van der Waals surface area contributed by atoms with E-state index in [2.05, 4.69) is 0 Å². The summed E-state index contributed by atoms with van der Waals surface area (Å²) >= 11 is 1.29. The molecule has 6 heteroatoms. The van der Waals surface area contributed by atoms with Crippen molar-refractivity contribution in [1.29, 1.82) is 0 Å². The Balaban J connectivity index is 0.00000176. The minimum Gasteiger partial charge on any atom is -0.376 e. The molecule has 0 radical (unpaired) electrons. The fourth-order valence-electron chi connectivity index (χ4n) is 2.62. The Morgan fingerprint density at radius 3 is 2.14 bits per heavy atom. The molecule has 0 spiro atoms. The molecule has 1 aromatic heterocycles. The number of thiophene rings is 1. The van der Waals surface area contributed by atoms with Crippen molar-refractivity contribution < 1.29 is 35.4 Å². The molecule has 2 heterocycles. The summed E-state index contributed by atoms with van der Waals surface area (Å²) in [6, 6.07) is 6.69. The van der Waals surface area contributed by atoms with E-state index in [9.17, 15) is 14.4 Å². The summed E-state index contributed by atoms with van der Waals surface area (Å²) in [6.45, 7) is 3.81. The van der Waals surface area contributed by atoms with Crippen molar-refractivity contribution >= 4 is 34.4 Å². The van der Waals surface area contributed by atoms with E-state index in [4.69, 9.17) is 0 Å². The van der Waals surface area contributed by atoms with Crippen LogP contribution in [-0.2, 0) is 32.3 Å². The number of carbonyl (C=O) groups excluding carboxylic acids is 3. The third-order valence-corrected chi connectivity index (χ3v) is 4.78. The van der Waals surface area contributed by atoms with Crippen LogP contribution in [0.15, 0.2) is 24.3 Å². The predicted molar refractivity (Wildman–Crippen MR) is 80.8 cm³/mol. The van der Waals surface area contributed by atoms with Crippen LogP contribution in [0.5, 0.6) is 0 Å². The van der Waals surface area contributed by atoms with Gasteiger partial charge in [-0.3, -0.25) is 14.5 Å². The number of amides is 2. The number of benzene rings is 1. The zero-order chi connectivity index (χ0) is 15.1. The normalized spacial score (nSPS) is 13.1. The summed E-state index contributed by atoms with van der Waals surface area (Å²) in [5, 5.41) is 0.380. The van der Waals surface area contributed by atoms with Crippen molar-refractivity contribution in [2.45, 2.75) is 20.3 Å². The van der Waals surface area contributed by atoms with Gasteiger partial charge in [-0.25, -0.2) is 11.3 Å². The first-order valence-electron chi connectivity index (χ1n) is 6.58. The van der Waals surface area contributed by atoms with Crippen molar-refractivity contribution in [1.82, 2.24) is 0 Å². The average Bonchev–Trinajstić information content (AvgIpc) is 2.94. The topological polar surface area (TPSA) is 54.5 Å². The summed E-state index contributed by atoms with van der Waals surface area (Å²) in [5.41, 5.74) is 1.93. The van der Waals surface area contributed by atoms with Gasteiger partial charge in [0, 0.05) is 26.1 Å². The fourth-order valence-corrected chi connectivity index (χ4v) is 3.81. The van der Waals surface area contributed by atoms with Crippen molar-refractivity contribution in [3.8, 4) is 0 Å². The second-order valence-corrected chi connectivity index (χ2v) is 5.97. The molecule has 1 aromatic carbocycles. The Kier molecular flexibility index (Phi) is 4.78. The number of carbonyl (C=O) groups is 2. The van der Waals surface area contributed by atoms with Crippen LogP contribution >= 0.6 is 11.3 Å². The zero-order valence-electron chi connectivity index (χ0n) is 12.0. The summed E-state index contributed by atoms with van der Waals surface area (Å²) in [5.74, 6) is -0.757. The van der Waals surface area contributed by atoms with Crippen LogP contribution in [0.25, 0.3) is 0 Å². The Bertz CT molecular complexity index is 747. The maximum atomic E-state index is 12.5. The molecule has 0 saturated carbocycles. The summed E-state index contributed by atoms with van der Waals surface area (Å²) in [6.07, 6.45) is 2.56. The minimum absolute atomic E-state index is 0. The minimum atomic E-state index is -0.379. The molecule has 0 unspecified atom stereocenters. The van der Waals surface area contributed by atoms with Crippen LogP contribution in [0.4, 0.5) is 5.00 Å². The Labute approximate surface area is 146 Å². The van der Waals surface area contributed by atoms with Crippen LogP contribution in [-0.4, -0.2) is 18.1 Å². The number of rotatable bonds is 3. The van der Waals surface area contributed by atoms with Crippen molar-refractivity contribution in [2.24, 2.45) is 0 Å². The van der Waals surface area contributed by atoms with E-state index < -0.39 is 0 Å². The van der Waals surface area contributed by atoms with Gasteiger partial charge in [-0.15, -0.1) is 11.1 Å². The van der Waals surface area contributed by atoms with Crippen molar-refractivity contribution in [2.75, 3.05) is 4.90 Å². The molecule has 0 fully saturated rings. The molecule has 112 valence electrons. The van der Waals surface area contributed by atoms with Crippen LogP contribution in [0, 0.1) is 6.92 Å². The van der Waals surface area contributed by atoms with Gasteiger partial charge in [0.05, 0.1) is 17.4 Å². The van der Waals surface area contributed by atoms with Gasteiger partial charge in [-0.2, -0.15) is 0 Å². The van der Waals surface area contributed by atoms with Gasteiger partial charge in [-0.05, 0) is 19.1 Å². The van der Waals surface area contributed by atoms with Gasteiger partial charge in [-0.1, -0.05) is 30.4 Å². The number of nitrogens with zero attached hydrogens (tertiary/aromatic N) is 1. The van der Waals surface area contributed by atoms with Crippen LogP contribution < -0.4 is 4.90 Å². The molecule has 0 bridgehead atoms. The maximum absolute atomic E-state index is 12.5. The third kappa shape index (κ3) is 2.29. The number of aryl methyl sites for hydroxylation is 1. The van der Waals surface area contributed by atoms with Crippen LogP contribution in [0.1, 0.15) is 43.6 Å². The molecule has 1 aliphatic rings. The maximum Gasteiger partial charge on any atom is 0.255 e. The Morgan fingerprint density at radius 1 is 1.14 bits per heavy atom. The van der Waals surface area contributed by atoms with Crippen molar-refractivity contribution in [3.63, 3.8) is 0 Å². The van der Waals surface area contributed by atoms with Crippen LogP contribution in [0.3, 0.4) is 0 Å². The molecule has 0 aliphatic carbocycles. The van der Waals surface area contributed by atoms with E-state index in [1.807, 2.05) is 20.1 Å². The first-order valence-corrected chi connectivity index (χ1v) is 7.40. The third-order valence-electron chi connectivity index (χ3n) is 3.64. The Morgan fingerprint density at radius 2 is 1.68 bits per heavy atom. The molecule has 2 amide bonds. The van der Waals surface area contributed by atoms with Crippen molar-refractivity contribution in [3.05, 3.63) is 51.4 Å². The molecule has 0 N–H and O–H groups in total. The number of hydrogen-bond donors (Lipinski definition) is 0. The summed E-state index contributed by atoms with van der Waals surface area (Å²) < 4.78 is 0. The van der Waals surface area contributed by atoms with Gasteiger partial charge < -0.3 is 4.79 Å². The van der Waals surface area contributed by atoms with Gasteiger partial charge in [0.25, 0.3) is 11.8 Å². The van der Waals surface area contributed by atoms with Crippen LogP contribution in [0.2, 0.25) is 0 Å². The Hall–Kier alpha value is -1.58. The second-order valence-electron chi connectivity index (χ2n) is 4.76. The van der Waals surface area contributed by atoms with E-state index in [-0.39, 0.29) is 32.9 Å². The SMILES string of the molecule is CCc1c(C)sc(N2C(=O)c3ccccc3C2=O)c1[C-]=O.[W]. The number of fused-ring (bicyclic) bond motifs is 1. The van der Waals surface area contributed by atoms with E-state index >= 15 is 0 Å². The predicted octanol–water partition coefficient (Wildman–Crippen LogP) is 2.87. The summed E-state index contributed by atoms with van der Waals surface area (Å²) in [7, 11) is 0. The quantitative estimate of drug-likeness (QED) is 0.500. The molecule has 4 nitrogen and oxygen atoms in total. The monoisotopic (exact) mass is 482 g/mol. The second kappa shape index (κ2) is 6.27. The molecule has 0 atom stereocenters. The first kappa shape index (κ1) is 16.8. The standard InChI is InChI=1S/C16H12NO3S.W/c1-3-10-9(2)21-16(13(10)8-18)17-14(19)11-6-4-5-7-12(11)15(17)20;/h4-7H,3H2,1-2H3;/q-1;. The molecular weight excluding hydrogens is 470 g/mol. The molecule has 0 saturated heterocycles. The van der Waals surface area contributed by atoms with Gasteiger partial charge >= 0.3 is 0 Å². The fraction of sp³-hybridized carbons (Fsp3) is 0.188. The van der Waals surface area contributed by atoms with Gasteiger partial charge in [0.1, 0.15) is 0 Å². The molecule has 2 aromatic rings. The number of anilines is 1. The number of hydrogen-bond acceptors (Lipinski definition) is 4. The average molecular weight is 482 g/mol. The van der Waals surface area contributed by atoms with E-state index in [0.29, 0.717) is 28.1 Å².